The highest BCUT2D eigenvalue weighted by atomic mass is 16.5. The smallest absolute Gasteiger partial charge is 0.0730 e. The minimum atomic E-state index is 0.204. The molecule has 0 bridgehead atoms. The number of hydrogen-bond acceptors (Lipinski definition) is 1. The molecule has 86 valence electrons. The van der Waals surface area contributed by atoms with Gasteiger partial charge in [0, 0.05) is 6.61 Å². The second kappa shape index (κ2) is 9.72. The molecule has 0 heterocycles. The monoisotopic (exact) mass is 208 g/mol. The Bertz CT molecular complexity index is 213. The number of rotatable bonds is 8. The Kier molecular flexibility index (Phi) is 9.19. The normalized spacial score (nSPS) is 14.5. The Morgan fingerprint density at radius 1 is 1.40 bits per heavy atom. The summed E-state index contributed by atoms with van der Waals surface area (Å²) in [5, 5.41) is 0. The van der Waals surface area contributed by atoms with Gasteiger partial charge in [0.1, 0.15) is 0 Å². The van der Waals surface area contributed by atoms with E-state index in [1.54, 1.807) is 6.08 Å². The lowest BCUT2D eigenvalue weighted by Gasteiger charge is -2.08. The number of unbranched alkanes of at least 4 members (excludes halogenated alkanes) is 2. The van der Waals surface area contributed by atoms with Crippen LogP contribution in [0.25, 0.3) is 0 Å². The highest BCUT2D eigenvalue weighted by Gasteiger charge is 1.95. The summed E-state index contributed by atoms with van der Waals surface area (Å²) in [7, 11) is 0. The molecule has 1 unspecified atom stereocenters. The van der Waals surface area contributed by atoms with Crippen LogP contribution in [0.4, 0.5) is 0 Å². The van der Waals surface area contributed by atoms with Crippen LogP contribution in [0.3, 0.4) is 0 Å². The Labute approximate surface area is 94.5 Å². The SMILES string of the molecule is C=C/C=C(C)\C=C/C(C)OCCCCC. The molecule has 0 rings (SSSR count). The fraction of sp³-hybridized carbons (Fsp3) is 0.571. The molecule has 0 fully saturated rings. The summed E-state index contributed by atoms with van der Waals surface area (Å²) in [6.45, 7) is 10.9. The van der Waals surface area contributed by atoms with Crippen LogP contribution in [0.15, 0.2) is 36.5 Å². The third kappa shape index (κ3) is 9.48. The summed E-state index contributed by atoms with van der Waals surface area (Å²) >= 11 is 0. The van der Waals surface area contributed by atoms with Crippen molar-refractivity contribution < 1.29 is 4.74 Å². The van der Waals surface area contributed by atoms with Gasteiger partial charge in [-0.3, -0.25) is 0 Å². The molecule has 0 N–H and O–H groups in total. The van der Waals surface area contributed by atoms with E-state index in [2.05, 4.69) is 39.5 Å². The van der Waals surface area contributed by atoms with Crippen LogP contribution in [0, 0.1) is 0 Å². The van der Waals surface area contributed by atoms with Crippen molar-refractivity contribution in [2.45, 2.75) is 46.1 Å². The van der Waals surface area contributed by atoms with Crippen LogP contribution in [0.5, 0.6) is 0 Å². The second-order valence-electron chi connectivity index (χ2n) is 3.79. The molecule has 0 radical (unpaired) electrons. The van der Waals surface area contributed by atoms with Gasteiger partial charge in [-0.2, -0.15) is 0 Å². The van der Waals surface area contributed by atoms with Gasteiger partial charge in [-0.1, -0.05) is 56.2 Å². The molecule has 0 aliphatic carbocycles. The maximum atomic E-state index is 5.63. The summed E-state index contributed by atoms with van der Waals surface area (Å²) in [6, 6.07) is 0. The van der Waals surface area contributed by atoms with Gasteiger partial charge in [-0.15, -0.1) is 0 Å². The Balaban J connectivity index is 3.68. The van der Waals surface area contributed by atoms with Gasteiger partial charge in [0.15, 0.2) is 0 Å². The zero-order chi connectivity index (χ0) is 11.5. The second-order valence-corrected chi connectivity index (χ2v) is 3.79. The molecule has 0 aromatic carbocycles. The third-order valence-corrected chi connectivity index (χ3v) is 2.14. The zero-order valence-corrected chi connectivity index (χ0v) is 10.3. The van der Waals surface area contributed by atoms with Gasteiger partial charge in [0.05, 0.1) is 6.10 Å². The molecular weight excluding hydrogens is 184 g/mol. The van der Waals surface area contributed by atoms with E-state index in [9.17, 15) is 0 Å². The van der Waals surface area contributed by atoms with Crippen molar-refractivity contribution in [3.63, 3.8) is 0 Å². The van der Waals surface area contributed by atoms with Crippen LogP contribution < -0.4 is 0 Å². The molecule has 0 aromatic heterocycles. The highest BCUT2D eigenvalue weighted by molar-refractivity contribution is 5.20. The molecule has 0 aliphatic heterocycles. The fourth-order valence-corrected chi connectivity index (χ4v) is 1.21. The third-order valence-electron chi connectivity index (χ3n) is 2.14. The molecule has 15 heavy (non-hydrogen) atoms. The average Bonchev–Trinajstić information content (AvgIpc) is 2.22. The molecule has 0 amide bonds. The average molecular weight is 208 g/mol. The predicted molar refractivity (Wildman–Crippen MR) is 68.0 cm³/mol. The first-order valence-electron chi connectivity index (χ1n) is 5.79. The van der Waals surface area contributed by atoms with Crippen molar-refractivity contribution in [3.8, 4) is 0 Å². The first kappa shape index (κ1) is 14.2. The molecule has 0 aliphatic rings. The van der Waals surface area contributed by atoms with Gasteiger partial charge in [-0.05, 0) is 20.3 Å². The lowest BCUT2D eigenvalue weighted by Crippen LogP contribution is -2.05. The van der Waals surface area contributed by atoms with Crippen LogP contribution in [-0.4, -0.2) is 12.7 Å². The maximum absolute atomic E-state index is 5.63. The van der Waals surface area contributed by atoms with Crippen molar-refractivity contribution in [2.75, 3.05) is 6.61 Å². The predicted octanol–water partition coefficient (Wildman–Crippen LogP) is 4.27. The van der Waals surface area contributed by atoms with E-state index in [1.807, 2.05) is 6.08 Å². The largest absolute Gasteiger partial charge is 0.374 e. The van der Waals surface area contributed by atoms with Gasteiger partial charge in [-0.25, -0.2) is 0 Å². The van der Waals surface area contributed by atoms with Crippen LogP contribution in [0.2, 0.25) is 0 Å². The van der Waals surface area contributed by atoms with Crippen molar-refractivity contribution >= 4 is 0 Å². The van der Waals surface area contributed by atoms with Crippen molar-refractivity contribution in [1.82, 2.24) is 0 Å². The van der Waals surface area contributed by atoms with Crippen molar-refractivity contribution in [2.24, 2.45) is 0 Å². The van der Waals surface area contributed by atoms with Crippen LogP contribution in [-0.2, 0) is 4.74 Å². The standard InChI is InChI=1S/C14H24O/c1-5-7-8-12-15-14(4)11-10-13(3)9-6-2/h6,9-11,14H,2,5,7-8,12H2,1,3-4H3/b11-10-,13-9-. The van der Waals surface area contributed by atoms with E-state index < -0.39 is 0 Å². The Morgan fingerprint density at radius 3 is 2.73 bits per heavy atom. The van der Waals surface area contributed by atoms with E-state index >= 15 is 0 Å². The van der Waals surface area contributed by atoms with E-state index in [0.717, 1.165) is 13.0 Å². The van der Waals surface area contributed by atoms with Crippen molar-refractivity contribution in [3.05, 3.63) is 36.5 Å². The van der Waals surface area contributed by atoms with Crippen LogP contribution >= 0.6 is 0 Å². The molecule has 1 nitrogen and oxygen atoms in total. The van der Waals surface area contributed by atoms with Gasteiger partial charge >= 0.3 is 0 Å². The van der Waals surface area contributed by atoms with Gasteiger partial charge < -0.3 is 4.74 Å². The Morgan fingerprint density at radius 2 is 2.13 bits per heavy atom. The number of allylic oxidation sites excluding steroid dienone is 4. The van der Waals surface area contributed by atoms with Gasteiger partial charge in [0.25, 0.3) is 0 Å². The van der Waals surface area contributed by atoms with E-state index in [-0.39, 0.29) is 6.10 Å². The van der Waals surface area contributed by atoms with Gasteiger partial charge in [0.2, 0.25) is 0 Å². The summed E-state index contributed by atoms with van der Waals surface area (Å²) in [5.74, 6) is 0. The summed E-state index contributed by atoms with van der Waals surface area (Å²) in [4.78, 5) is 0. The van der Waals surface area contributed by atoms with Crippen LogP contribution in [0.1, 0.15) is 40.0 Å². The van der Waals surface area contributed by atoms with Crippen molar-refractivity contribution in [1.29, 1.82) is 0 Å². The molecular formula is C14H24O. The molecule has 0 saturated heterocycles. The van der Waals surface area contributed by atoms with E-state index in [1.165, 1.54) is 18.4 Å². The number of hydrogen-bond donors (Lipinski definition) is 0. The molecule has 1 heteroatoms. The Hall–Kier alpha value is -0.820. The minimum Gasteiger partial charge on any atom is -0.374 e. The molecule has 1 atom stereocenters. The highest BCUT2D eigenvalue weighted by Crippen LogP contribution is 2.02. The first-order valence-corrected chi connectivity index (χ1v) is 5.79. The lowest BCUT2D eigenvalue weighted by atomic mass is 10.2. The summed E-state index contributed by atoms with van der Waals surface area (Å²) in [6.07, 6.45) is 11.8. The molecule has 0 aromatic rings. The summed E-state index contributed by atoms with van der Waals surface area (Å²) in [5.41, 5.74) is 1.20. The molecule has 0 spiro atoms. The fourth-order valence-electron chi connectivity index (χ4n) is 1.21. The topological polar surface area (TPSA) is 9.23 Å². The quantitative estimate of drug-likeness (QED) is 0.427. The van der Waals surface area contributed by atoms with E-state index in [0.29, 0.717) is 0 Å². The number of ether oxygens (including phenoxy) is 1. The first-order chi connectivity index (χ1) is 7.20. The molecule has 0 saturated carbocycles. The maximum Gasteiger partial charge on any atom is 0.0730 e. The minimum absolute atomic E-state index is 0.204. The van der Waals surface area contributed by atoms with E-state index in [4.69, 9.17) is 4.74 Å². The summed E-state index contributed by atoms with van der Waals surface area (Å²) < 4.78 is 5.63. The zero-order valence-electron chi connectivity index (χ0n) is 10.3. The lowest BCUT2D eigenvalue weighted by molar-refractivity contribution is 0.0941.